The minimum absolute atomic E-state index is 0. The van der Waals surface area contributed by atoms with Crippen LogP contribution in [0.2, 0.25) is 0 Å². The minimum atomic E-state index is -0.364. The molecule has 4 aromatic rings. The third-order valence-corrected chi connectivity index (χ3v) is 10.6. The van der Waals surface area contributed by atoms with Gasteiger partial charge in [0.2, 0.25) is 0 Å². The van der Waals surface area contributed by atoms with Gasteiger partial charge in [-0.1, -0.05) is 205 Å². The molecule has 4 aromatic carbocycles. The van der Waals surface area contributed by atoms with Crippen molar-refractivity contribution < 1.29 is 108 Å². The van der Waals surface area contributed by atoms with Crippen molar-refractivity contribution in [1.29, 1.82) is 0 Å². The monoisotopic (exact) mass is 748 g/mol. The maximum atomic E-state index is 7.27. The molecule has 1 aliphatic heterocycles. The smallest absolute Gasteiger partial charge is 0.654 e. The van der Waals surface area contributed by atoms with Crippen LogP contribution in [0.4, 0.5) is 22.7 Å². The summed E-state index contributed by atoms with van der Waals surface area (Å²) in [5.41, 5.74) is 13.3. The Hall–Kier alpha value is -0.447. The Morgan fingerprint density at radius 1 is 0.500 bits per heavy atom. The Balaban J connectivity index is 0.00000364. The first-order valence-electron chi connectivity index (χ1n) is 18.9. The van der Waals surface area contributed by atoms with E-state index in [0.29, 0.717) is 23.7 Å². The molecule has 52 heavy (non-hydrogen) atoms. The molecular formula is C47H62K2N2O. The number of benzene rings is 4. The van der Waals surface area contributed by atoms with Gasteiger partial charge in [-0.3, -0.25) is 0 Å². The van der Waals surface area contributed by atoms with Gasteiger partial charge < -0.3 is 15.4 Å². The molecule has 0 atom stereocenters. The number of ether oxygens (including phenoxy) is 1. The predicted molar refractivity (Wildman–Crippen MR) is 217 cm³/mol. The standard InChI is InChI=1S/C47H62N2O.2K/c1-27(2)33-19-17-20-34(28(3)4)41(33)48-39-25-31(45(9,10)11)23-37-43(39)50-44-38(47(37,15)16)24-32(46(12,13)14)26-40(44)49-42-35(29(5)6)21-18-22-36(42)30(7)8;;/h17-30H,1-16H3;;/q-2;2*+1. The largest absolute Gasteiger partial charge is 1.00 e. The number of fused-ring (bicyclic) bond motifs is 2. The van der Waals surface area contributed by atoms with Crippen molar-refractivity contribution in [2.75, 3.05) is 0 Å². The van der Waals surface area contributed by atoms with Gasteiger partial charge in [-0.15, -0.1) is 11.4 Å². The van der Waals surface area contributed by atoms with E-state index >= 15 is 0 Å². The second-order valence-corrected chi connectivity index (χ2v) is 18.4. The first kappa shape index (κ1) is 45.9. The summed E-state index contributed by atoms with van der Waals surface area (Å²) in [6, 6.07) is 22.6. The molecule has 0 aliphatic carbocycles. The van der Waals surface area contributed by atoms with Crippen LogP contribution in [0.5, 0.6) is 11.5 Å². The molecule has 5 heteroatoms. The van der Waals surface area contributed by atoms with Gasteiger partial charge in [-0.05, 0) is 45.6 Å². The normalized spacial score (nSPS) is 13.7. The molecule has 0 saturated heterocycles. The zero-order chi connectivity index (χ0) is 37.1. The molecule has 1 aliphatic rings. The second kappa shape index (κ2) is 17.4. The van der Waals surface area contributed by atoms with Crippen molar-refractivity contribution in [3.8, 4) is 11.5 Å². The number of hydrogen-bond acceptors (Lipinski definition) is 1. The summed E-state index contributed by atoms with van der Waals surface area (Å²) in [5, 5.41) is 11.2. The van der Waals surface area contributed by atoms with E-state index in [1.54, 1.807) is 0 Å². The van der Waals surface area contributed by atoms with Gasteiger partial charge in [0.15, 0.2) is 0 Å². The summed E-state index contributed by atoms with van der Waals surface area (Å²) < 4.78 is 7.27. The van der Waals surface area contributed by atoms with Crippen LogP contribution in [0, 0.1) is 0 Å². The van der Waals surface area contributed by atoms with Crippen LogP contribution in [-0.4, -0.2) is 0 Å². The van der Waals surface area contributed by atoms with Gasteiger partial charge in [-0.2, -0.15) is 0 Å². The van der Waals surface area contributed by atoms with E-state index < -0.39 is 0 Å². The number of hydrogen-bond donors (Lipinski definition) is 0. The van der Waals surface area contributed by atoms with Gasteiger partial charge in [0.1, 0.15) is 11.5 Å². The summed E-state index contributed by atoms with van der Waals surface area (Å²) in [7, 11) is 0. The number of rotatable bonds is 8. The van der Waals surface area contributed by atoms with Crippen LogP contribution < -0.4 is 108 Å². The Labute approximate surface area is 402 Å². The van der Waals surface area contributed by atoms with E-state index in [1.165, 1.54) is 44.5 Å². The first-order chi connectivity index (χ1) is 23.1. The summed E-state index contributed by atoms with van der Waals surface area (Å²) in [6.45, 7) is 36.5. The maximum Gasteiger partial charge on any atom is 1.00 e. The van der Waals surface area contributed by atoms with Crippen LogP contribution in [0.25, 0.3) is 10.6 Å². The average Bonchev–Trinajstić information content (AvgIpc) is 3.00. The zero-order valence-corrected chi connectivity index (χ0v) is 42.1. The predicted octanol–water partition coefficient (Wildman–Crippen LogP) is 9.89. The summed E-state index contributed by atoms with van der Waals surface area (Å²) >= 11 is 0. The Morgan fingerprint density at radius 2 is 0.788 bits per heavy atom. The molecule has 5 rings (SSSR count). The van der Waals surface area contributed by atoms with Crippen LogP contribution in [0.3, 0.4) is 0 Å². The molecule has 0 fully saturated rings. The van der Waals surface area contributed by atoms with Gasteiger partial charge in [0.05, 0.1) is 0 Å². The molecule has 0 aromatic heterocycles. The molecule has 268 valence electrons. The van der Waals surface area contributed by atoms with E-state index in [9.17, 15) is 0 Å². The molecule has 1 heterocycles. The summed E-state index contributed by atoms with van der Waals surface area (Å²) in [4.78, 5) is 0. The molecular weight excluding hydrogens is 687 g/mol. The average molecular weight is 749 g/mol. The van der Waals surface area contributed by atoms with Crippen molar-refractivity contribution in [1.82, 2.24) is 0 Å². The molecule has 3 nitrogen and oxygen atoms in total. The Morgan fingerprint density at radius 3 is 1.04 bits per heavy atom. The fourth-order valence-electron chi connectivity index (χ4n) is 7.17. The van der Waals surface area contributed by atoms with E-state index in [-0.39, 0.29) is 119 Å². The molecule has 0 amide bonds. The second-order valence-electron chi connectivity index (χ2n) is 18.4. The first-order valence-corrected chi connectivity index (χ1v) is 18.9. The van der Waals surface area contributed by atoms with E-state index in [0.717, 1.165) is 34.2 Å². The third kappa shape index (κ3) is 9.39. The third-order valence-electron chi connectivity index (χ3n) is 10.6. The molecule has 0 saturated carbocycles. The minimum Gasteiger partial charge on any atom is -0.654 e. The quantitative estimate of drug-likeness (QED) is 0.165. The maximum absolute atomic E-state index is 7.27. The van der Waals surface area contributed by atoms with Crippen molar-refractivity contribution in [3.05, 3.63) is 116 Å². The van der Waals surface area contributed by atoms with Crippen LogP contribution in [-0.2, 0) is 16.2 Å². The fraction of sp³-hybridized carbons (Fsp3) is 0.489. The molecule has 0 radical (unpaired) electrons. The fourth-order valence-corrected chi connectivity index (χ4v) is 7.17. The zero-order valence-electron chi connectivity index (χ0n) is 35.9. The van der Waals surface area contributed by atoms with Crippen LogP contribution in [0.1, 0.15) is 179 Å². The van der Waals surface area contributed by atoms with E-state index in [2.05, 4.69) is 171 Å². The molecule has 0 unspecified atom stereocenters. The Bertz CT molecular complexity index is 1700. The molecule has 0 N–H and O–H groups in total. The molecule has 0 bridgehead atoms. The summed E-state index contributed by atoms with van der Waals surface area (Å²) in [5.74, 6) is 3.03. The topological polar surface area (TPSA) is 37.4 Å². The number of nitrogens with zero attached hydrogens (tertiary/aromatic N) is 2. The van der Waals surface area contributed by atoms with E-state index in [4.69, 9.17) is 15.4 Å². The number of para-hydroxylation sites is 2. The molecule has 0 spiro atoms. The van der Waals surface area contributed by atoms with Gasteiger partial charge in [0, 0.05) is 16.5 Å². The SMILES string of the molecule is CC(C)c1cccc(C(C)C)c1[N-]c1cc(C(C)(C)C)cc2c1Oc1c([N-]c3c(C(C)C)cccc3C(C)C)cc(C(C)(C)C)cc1C2(C)C.[K+].[K+]. The van der Waals surface area contributed by atoms with Crippen molar-refractivity contribution in [2.45, 2.75) is 151 Å². The van der Waals surface area contributed by atoms with Gasteiger partial charge in [-0.25, -0.2) is 0 Å². The van der Waals surface area contributed by atoms with Gasteiger partial charge in [0.25, 0.3) is 0 Å². The summed E-state index contributed by atoms with van der Waals surface area (Å²) in [6.07, 6.45) is 0. The van der Waals surface area contributed by atoms with Crippen molar-refractivity contribution in [3.63, 3.8) is 0 Å². The van der Waals surface area contributed by atoms with Crippen molar-refractivity contribution >= 4 is 22.7 Å². The van der Waals surface area contributed by atoms with Gasteiger partial charge >= 0.3 is 103 Å². The Kier molecular flexibility index (Phi) is 15.3. The van der Waals surface area contributed by atoms with Crippen LogP contribution >= 0.6 is 0 Å². The van der Waals surface area contributed by atoms with Crippen LogP contribution in [0.15, 0.2) is 60.7 Å². The van der Waals surface area contributed by atoms with Crippen molar-refractivity contribution in [2.24, 2.45) is 0 Å². The van der Waals surface area contributed by atoms with E-state index in [1.807, 2.05) is 0 Å².